The molecule has 0 fully saturated rings. The van der Waals surface area contributed by atoms with Crippen molar-refractivity contribution >= 4 is 5.91 Å². The molecule has 2 rings (SSSR count). The topological polar surface area (TPSA) is 80.0 Å². The molecule has 2 N–H and O–H groups in total. The number of nitrogens with one attached hydrogen (secondary N) is 1. The highest BCUT2D eigenvalue weighted by Gasteiger charge is 2.16. The molecule has 0 saturated heterocycles. The highest BCUT2D eigenvalue weighted by Crippen LogP contribution is 2.15. The summed E-state index contributed by atoms with van der Waals surface area (Å²) in [5.41, 5.74) is 0.927. The van der Waals surface area contributed by atoms with Crippen LogP contribution in [0.3, 0.4) is 0 Å². The molecule has 6 nitrogen and oxygen atoms in total. The Labute approximate surface area is 136 Å². The van der Waals surface area contributed by atoms with Crippen LogP contribution in [0.4, 0.5) is 0 Å². The number of hydrogen-bond donors (Lipinski definition) is 2. The first kappa shape index (κ1) is 17.1. The smallest absolute Gasteiger partial charge is 0.251 e. The van der Waals surface area contributed by atoms with Crippen LogP contribution in [0.1, 0.15) is 55.0 Å². The molecule has 1 unspecified atom stereocenters. The van der Waals surface area contributed by atoms with E-state index in [1.54, 1.807) is 31.6 Å². The number of benzene rings is 1. The van der Waals surface area contributed by atoms with Gasteiger partial charge in [0, 0.05) is 12.6 Å². The maximum Gasteiger partial charge on any atom is 0.251 e. The Bertz CT molecular complexity index is 673. The summed E-state index contributed by atoms with van der Waals surface area (Å²) >= 11 is 0. The second-order valence-electron chi connectivity index (χ2n) is 6.45. The number of carbonyl (C=O) groups is 1. The van der Waals surface area contributed by atoms with E-state index in [4.69, 9.17) is 0 Å². The Morgan fingerprint density at radius 1 is 1.43 bits per heavy atom. The quantitative estimate of drug-likeness (QED) is 0.854. The lowest BCUT2D eigenvalue weighted by Crippen LogP contribution is -2.28. The average molecular weight is 316 g/mol. The van der Waals surface area contributed by atoms with Gasteiger partial charge in [0.25, 0.3) is 5.91 Å². The van der Waals surface area contributed by atoms with Gasteiger partial charge in [-0.3, -0.25) is 9.48 Å². The van der Waals surface area contributed by atoms with Gasteiger partial charge in [0.15, 0.2) is 0 Å². The third-order valence-electron chi connectivity index (χ3n) is 3.70. The van der Waals surface area contributed by atoms with E-state index >= 15 is 0 Å². The summed E-state index contributed by atoms with van der Waals surface area (Å²) in [4.78, 5) is 16.5. The Morgan fingerprint density at radius 2 is 2.17 bits per heavy atom. The Hall–Kier alpha value is -2.21. The predicted octanol–water partition coefficient (Wildman–Crippen LogP) is 2.01. The molecule has 0 aliphatic rings. The summed E-state index contributed by atoms with van der Waals surface area (Å²) < 4.78 is 1.64. The summed E-state index contributed by atoms with van der Waals surface area (Å²) in [5.74, 6) is 0.558. The summed E-state index contributed by atoms with van der Waals surface area (Å²) in [7, 11) is 1.79. The van der Waals surface area contributed by atoms with E-state index in [0.29, 0.717) is 17.8 Å². The molecule has 1 amide bonds. The van der Waals surface area contributed by atoms with Crippen molar-refractivity contribution in [2.45, 2.75) is 45.3 Å². The van der Waals surface area contributed by atoms with E-state index in [0.717, 1.165) is 12.0 Å². The molecule has 1 heterocycles. The summed E-state index contributed by atoms with van der Waals surface area (Å²) in [6.07, 6.45) is 2.84. The molecule has 0 aliphatic carbocycles. The monoisotopic (exact) mass is 316 g/mol. The Kier molecular flexibility index (Phi) is 5.15. The fourth-order valence-corrected chi connectivity index (χ4v) is 2.36. The van der Waals surface area contributed by atoms with Crippen LogP contribution >= 0.6 is 0 Å². The van der Waals surface area contributed by atoms with E-state index in [1.165, 1.54) is 6.33 Å². The van der Waals surface area contributed by atoms with E-state index in [-0.39, 0.29) is 11.9 Å². The lowest BCUT2D eigenvalue weighted by atomic mass is 9.98. The predicted molar refractivity (Wildman–Crippen MR) is 87.9 cm³/mol. The molecular formula is C17H24N4O2. The molecule has 0 aliphatic heterocycles. The number of aliphatic hydroxyl groups is 1. The number of carbonyl (C=O) groups excluding carboxylic acids is 1. The van der Waals surface area contributed by atoms with Crippen molar-refractivity contribution in [1.82, 2.24) is 20.1 Å². The molecule has 6 heteroatoms. The third kappa shape index (κ3) is 4.89. The SMILES string of the molecule is CC(NC(=O)c1cccc(CCC(C)(C)O)c1)c1ncnn1C. The van der Waals surface area contributed by atoms with Crippen LogP contribution in [-0.2, 0) is 13.5 Å². The van der Waals surface area contributed by atoms with Crippen LogP contribution in [0.25, 0.3) is 0 Å². The fourth-order valence-electron chi connectivity index (χ4n) is 2.36. The Balaban J connectivity index is 2.03. The molecule has 1 aromatic carbocycles. The van der Waals surface area contributed by atoms with Gasteiger partial charge >= 0.3 is 0 Å². The molecule has 124 valence electrons. The van der Waals surface area contributed by atoms with Crippen molar-refractivity contribution in [2.75, 3.05) is 0 Å². The molecule has 0 bridgehead atoms. The van der Waals surface area contributed by atoms with Crippen molar-refractivity contribution in [2.24, 2.45) is 7.05 Å². The van der Waals surface area contributed by atoms with E-state index in [9.17, 15) is 9.90 Å². The van der Waals surface area contributed by atoms with Crippen LogP contribution in [-0.4, -0.2) is 31.4 Å². The molecular weight excluding hydrogens is 292 g/mol. The first-order valence-corrected chi connectivity index (χ1v) is 7.72. The van der Waals surface area contributed by atoms with E-state index in [1.807, 2.05) is 25.1 Å². The van der Waals surface area contributed by atoms with Crippen LogP contribution in [0.2, 0.25) is 0 Å². The van der Waals surface area contributed by atoms with E-state index in [2.05, 4.69) is 15.4 Å². The van der Waals surface area contributed by atoms with E-state index < -0.39 is 5.60 Å². The van der Waals surface area contributed by atoms with Crippen molar-refractivity contribution < 1.29 is 9.90 Å². The largest absolute Gasteiger partial charge is 0.390 e. The van der Waals surface area contributed by atoms with Crippen LogP contribution < -0.4 is 5.32 Å². The van der Waals surface area contributed by atoms with Gasteiger partial charge in [0.05, 0.1) is 11.6 Å². The highest BCUT2D eigenvalue weighted by atomic mass is 16.3. The lowest BCUT2D eigenvalue weighted by molar-refractivity contribution is 0.0714. The zero-order valence-electron chi connectivity index (χ0n) is 14.1. The maximum atomic E-state index is 12.4. The van der Waals surface area contributed by atoms with Gasteiger partial charge in [0.2, 0.25) is 0 Å². The van der Waals surface area contributed by atoms with Crippen LogP contribution in [0, 0.1) is 0 Å². The number of amides is 1. The highest BCUT2D eigenvalue weighted by molar-refractivity contribution is 5.94. The molecule has 0 saturated carbocycles. The van der Waals surface area contributed by atoms with Gasteiger partial charge in [-0.25, -0.2) is 4.98 Å². The van der Waals surface area contributed by atoms with Gasteiger partial charge < -0.3 is 10.4 Å². The number of aromatic nitrogens is 3. The molecule has 1 aromatic heterocycles. The van der Waals surface area contributed by atoms with Gasteiger partial charge in [-0.2, -0.15) is 5.10 Å². The molecule has 0 radical (unpaired) electrons. The lowest BCUT2D eigenvalue weighted by Gasteiger charge is -2.17. The normalized spacial score (nSPS) is 12.9. The van der Waals surface area contributed by atoms with Crippen molar-refractivity contribution in [3.8, 4) is 0 Å². The average Bonchev–Trinajstić information content (AvgIpc) is 2.91. The summed E-state index contributed by atoms with van der Waals surface area (Å²) in [5, 5.41) is 16.8. The zero-order valence-corrected chi connectivity index (χ0v) is 14.1. The number of rotatable bonds is 6. The van der Waals surface area contributed by atoms with Gasteiger partial charge in [-0.15, -0.1) is 0 Å². The molecule has 0 spiro atoms. The maximum absolute atomic E-state index is 12.4. The minimum absolute atomic E-state index is 0.148. The minimum Gasteiger partial charge on any atom is -0.390 e. The Morgan fingerprint density at radius 3 is 2.78 bits per heavy atom. The summed E-state index contributed by atoms with van der Waals surface area (Å²) in [6, 6.07) is 7.25. The second-order valence-corrected chi connectivity index (χ2v) is 6.45. The van der Waals surface area contributed by atoms with Gasteiger partial charge in [-0.1, -0.05) is 12.1 Å². The third-order valence-corrected chi connectivity index (χ3v) is 3.70. The van der Waals surface area contributed by atoms with Crippen molar-refractivity contribution in [3.05, 3.63) is 47.5 Å². The molecule has 23 heavy (non-hydrogen) atoms. The minimum atomic E-state index is -0.710. The standard InChI is InChI=1S/C17H24N4O2/c1-12(15-18-11-19-21(15)4)20-16(22)14-7-5-6-13(10-14)8-9-17(2,3)23/h5-7,10-12,23H,8-9H2,1-4H3,(H,20,22). The first-order valence-electron chi connectivity index (χ1n) is 7.72. The first-order chi connectivity index (χ1) is 10.8. The van der Waals surface area contributed by atoms with Crippen LogP contribution in [0.5, 0.6) is 0 Å². The molecule has 2 aromatic rings. The van der Waals surface area contributed by atoms with Gasteiger partial charge in [-0.05, 0) is 51.3 Å². The number of aryl methyl sites for hydroxylation is 2. The van der Waals surface area contributed by atoms with Gasteiger partial charge in [0.1, 0.15) is 12.2 Å². The van der Waals surface area contributed by atoms with Crippen molar-refractivity contribution in [1.29, 1.82) is 0 Å². The van der Waals surface area contributed by atoms with Crippen LogP contribution in [0.15, 0.2) is 30.6 Å². The number of nitrogens with zero attached hydrogens (tertiary/aromatic N) is 3. The fraction of sp³-hybridized carbons (Fsp3) is 0.471. The van der Waals surface area contributed by atoms with Crippen molar-refractivity contribution in [3.63, 3.8) is 0 Å². The summed E-state index contributed by atoms with van der Waals surface area (Å²) in [6.45, 7) is 5.44. The second kappa shape index (κ2) is 6.91. The zero-order chi connectivity index (χ0) is 17.0. The number of hydrogen-bond acceptors (Lipinski definition) is 4. The molecule has 1 atom stereocenters.